The molecule has 2 bridgehead atoms. The van der Waals surface area contributed by atoms with Crippen LogP contribution in [0.25, 0.3) is 0 Å². The number of anilines is 2. The minimum absolute atomic E-state index is 0.0604. The zero-order valence-corrected chi connectivity index (χ0v) is 17.6. The molecule has 29 heavy (non-hydrogen) atoms. The Balaban J connectivity index is 1.39. The first kappa shape index (κ1) is 18.6. The zero-order chi connectivity index (χ0) is 20.3. The molecule has 1 saturated heterocycles. The van der Waals surface area contributed by atoms with Gasteiger partial charge in [0.2, 0.25) is 11.8 Å². The lowest BCUT2D eigenvalue weighted by Gasteiger charge is -2.17. The van der Waals surface area contributed by atoms with Crippen molar-refractivity contribution in [2.45, 2.75) is 11.3 Å². The Morgan fingerprint density at radius 3 is 1.97 bits per heavy atom. The highest BCUT2D eigenvalue weighted by molar-refractivity contribution is 9.10. The van der Waals surface area contributed by atoms with Crippen LogP contribution in [-0.4, -0.2) is 20.2 Å². The third-order valence-electron chi connectivity index (χ3n) is 5.97. The Kier molecular flexibility index (Phi) is 4.18. The Morgan fingerprint density at radius 1 is 0.862 bits per heavy atom. The number of hydrogen-bond donors (Lipinski definition) is 1. The molecule has 2 aromatic rings. The highest BCUT2D eigenvalue weighted by Gasteiger charge is 2.59. The summed E-state index contributed by atoms with van der Waals surface area (Å²) in [7, 11) is -3.78. The third-order valence-corrected chi connectivity index (χ3v) is 7.90. The Morgan fingerprint density at radius 2 is 1.41 bits per heavy atom. The van der Waals surface area contributed by atoms with Crippen LogP contribution in [0.2, 0.25) is 0 Å². The van der Waals surface area contributed by atoms with Gasteiger partial charge in [0.05, 0.1) is 22.4 Å². The van der Waals surface area contributed by atoms with E-state index in [1.165, 1.54) is 29.2 Å². The van der Waals surface area contributed by atoms with Gasteiger partial charge in [0.25, 0.3) is 10.0 Å². The molecule has 5 rings (SSSR count). The molecule has 2 fully saturated rings. The maximum absolute atomic E-state index is 12.9. The highest BCUT2D eigenvalue weighted by Crippen LogP contribution is 2.53. The van der Waals surface area contributed by atoms with E-state index >= 15 is 0 Å². The second-order valence-corrected chi connectivity index (χ2v) is 10.2. The maximum atomic E-state index is 12.9. The number of carbonyl (C=O) groups excluding carboxylic acids is 2. The summed E-state index contributed by atoms with van der Waals surface area (Å²) in [5.74, 6) is -0.636. The normalized spacial score (nSPS) is 27.6. The van der Waals surface area contributed by atoms with E-state index in [2.05, 4.69) is 20.7 Å². The molecule has 4 atom stereocenters. The maximum Gasteiger partial charge on any atom is 0.261 e. The van der Waals surface area contributed by atoms with E-state index in [9.17, 15) is 18.0 Å². The summed E-state index contributed by atoms with van der Waals surface area (Å²) < 4.78 is 28.6. The van der Waals surface area contributed by atoms with E-state index in [4.69, 9.17) is 0 Å². The Bertz CT molecular complexity index is 1110. The molecule has 2 aromatic carbocycles. The number of halogens is 1. The van der Waals surface area contributed by atoms with Gasteiger partial charge in [-0.3, -0.25) is 19.2 Å². The van der Waals surface area contributed by atoms with Crippen LogP contribution in [0.3, 0.4) is 0 Å². The van der Waals surface area contributed by atoms with Gasteiger partial charge in [0.1, 0.15) is 0 Å². The average Bonchev–Trinajstić information content (AvgIpc) is 3.37. The van der Waals surface area contributed by atoms with Gasteiger partial charge in [0.15, 0.2) is 0 Å². The lowest BCUT2D eigenvalue weighted by atomic mass is 9.85. The molecular formula is C21H17BrN2O4S. The number of fused-ring (bicyclic) bond motifs is 5. The topological polar surface area (TPSA) is 83.6 Å². The van der Waals surface area contributed by atoms with E-state index in [0.717, 1.165) is 10.9 Å². The SMILES string of the molecule is O=C1[C@@H]2[C@H](C(=O)N1c1ccc(S(=O)(=O)Nc3ccc(Br)cc3)cc1)C1C=C[C@H]2C1. The second-order valence-electron chi connectivity index (χ2n) is 7.62. The molecule has 1 N–H and O–H groups in total. The minimum atomic E-state index is -3.78. The van der Waals surface area contributed by atoms with Crippen LogP contribution >= 0.6 is 15.9 Å². The lowest BCUT2D eigenvalue weighted by Crippen LogP contribution is -2.32. The van der Waals surface area contributed by atoms with Crippen LogP contribution in [-0.2, 0) is 19.6 Å². The summed E-state index contributed by atoms with van der Waals surface area (Å²) in [5, 5.41) is 0. The van der Waals surface area contributed by atoms with Gasteiger partial charge in [-0.15, -0.1) is 0 Å². The first-order valence-electron chi connectivity index (χ1n) is 9.30. The van der Waals surface area contributed by atoms with Crippen LogP contribution in [0.1, 0.15) is 6.42 Å². The average molecular weight is 473 g/mol. The van der Waals surface area contributed by atoms with Gasteiger partial charge < -0.3 is 0 Å². The predicted molar refractivity (Wildman–Crippen MR) is 112 cm³/mol. The summed E-state index contributed by atoms with van der Waals surface area (Å²) in [6.07, 6.45) is 4.97. The third kappa shape index (κ3) is 2.93. The van der Waals surface area contributed by atoms with Crippen molar-refractivity contribution in [1.82, 2.24) is 0 Å². The van der Waals surface area contributed by atoms with Gasteiger partial charge in [-0.05, 0) is 66.8 Å². The monoisotopic (exact) mass is 472 g/mol. The quantitative estimate of drug-likeness (QED) is 0.544. The fourth-order valence-corrected chi connectivity index (χ4v) is 5.99. The molecule has 1 saturated carbocycles. The molecule has 0 spiro atoms. The molecule has 3 aliphatic rings. The Labute approximate surface area is 176 Å². The van der Waals surface area contributed by atoms with Gasteiger partial charge in [-0.2, -0.15) is 0 Å². The predicted octanol–water partition coefficient (Wildman–Crippen LogP) is 3.56. The second kappa shape index (κ2) is 6.53. The number of rotatable bonds is 4. The molecule has 2 aliphatic carbocycles. The Hall–Kier alpha value is -2.45. The van der Waals surface area contributed by atoms with Crippen LogP contribution in [0.15, 0.2) is 70.1 Å². The largest absolute Gasteiger partial charge is 0.280 e. The number of hydrogen-bond acceptors (Lipinski definition) is 4. The van der Waals surface area contributed by atoms with E-state index in [1.54, 1.807) is 24.3 Å². The molecule has 0 aromatic heterocycles. The molecule has 1 heterocycles. The van der Waals surface area contributed by atoms with Crippen molar-refractivity contribution in [3.05, 3.63) is 65.2 Å². The standard InChI is InChI=1S/C21H17BrN2O4S/c22-14-3-5-15(6-4-14)23-29(27,28)17-9-7-16(8-10-17)24-20(25)18-12-1-2-13(11-12)19(18)21(24)26/h1-10,12-13,18-19,23H,11H2/t12-,13?,18-,19+/m0/s1. The summed E-state index contributed by atoms with van der Waals surface area (Å²) in [4.78, 5) is 27.0. The molecule has 0 radical (unpaired) electrons. The number of nitrogens with one attached hydrogen (secondary N) is 1. The summed E-state index contributed by atoms with van der Waals surface area (Å²) in [6.45, 7) is 0. The minimum Gasteiger partial charge on any atom is -0.280 e. The molecule has 1 aliphatic heterocycles. The van der Waals surface area contributed by atoms with Crippen molar-refractivity contribution in [2.75, 3.05) is 9.62 Å². The number of benzene rings is 2. The number of allylic oxidation sites excluding steroid dienone is 2. The van der Waals surface area contributed by atoms with Crippen molar-refractivity contribution in [3.63, 3.8) is 0 Å². The van der Waals surface area contributed by atoms with Crippen molar-refractivity contribution < 1.29 is 18.0 Å². The number of amides is 2. The summed E-state index contributed by atoms with van der Waals surface area (Å²) >= 11 is 3.31. The van der Waals surface area contributed by atoms with Gasteiger partial charge in [-0.25, -0.2) is 8.42 Å². The van der Waals surface area contributed by atoms with Gasteiger partial charge in [-0.1, -0.05) is 28.1 Å². The molecule has 6 nitrogen and oxygen atoms in total. The fourth-order valence-electron chi connectivity index (χ4n) is 4.66. The van der Waals surface area contributed by atoms with Crippen LogP contribution in [0.5, 0.6) is 0 Å². The highest BCUT2D eigenvalue weighted by atomic mass is 79.9. The van der Waals surface area contributed by atoms with Crippen molar-refractivity contribution >= 4 is 49.1 Å². The molecule has 2 amide bonds. The smallest absolute Gasteiger partial charge is 0.261 e. The number of nitrogens with zero attached hydrogens (tertiary/aromatic N) is 1. The summed E-state index contributed by atoms with van der Waals surface area (Å²) in [6, 6.07) is 12.6. The van der Waals surface area contributed by atoms with Crippen LogP contribution in [0, 0.1) is 23.7 Å². The number of imide groups is 1. The van der Waals surface area contributed by atoms with Gasteiger partial charge in [0, 0.05) is 10.2 Å². The van der Waals surface area contributed by atoms with Crippen molar-refractivity contribution in [1.29, 1.82) is 0 Å². The first-order chi connectivity index (χ1) is 13.8. The van der Waals surface area contributed by atoms with Crippen LogP contribution < -0.4 is 9.62 Å². The van der Waals surface area contributed by atoms with E-state index < -0.39 is 10.0 Å². The molecule has 8 heteroatoms. The zero-order valence-electron chi connectivity index (χ0n) is 15.2. The lowest BCUT2D eigenvalue weighted by molar-refractivity contribution is -0.123. The number of carbonyl (C=O) groups is 2. The number of sulfonamides is 1. The van der Waals surface area contributed by atoms with Crippen molar-refractivity contribution in [2.24, 2.45) is 23.7 Å². The van der Waals surface area contributed by atoms with E-state index in [-0.39, 0.29) is 40.4 Å². The first-order valence-corrected chi connectivity index (χ1v) is 11.6. The van der Waals surface area contributed by atoms with E-state index in [0.29, 0.717) is 11.4 Å². The molecular weight excluding hydrogens is 456 g/mol. The van der Waals surface area contributed by atoms with Crippen molar-refractivity contribution in [3.8, 4) is 0 Å². The molecule has 1 unspecified atom stereocenters. The van der Waals surface area contributed by atoms with E-state index in [1.807, 2.05) is 12.2 Å². The fraction of sp³-hybridized carbons (Fsp3) is 0.238. The van der Waals surface area contributed by atoms with Gasteiger partial charge >= 0.3 is 0 Å². The summed E-state index contributed by atoms with van der Waals surface area (Å²) in [5.41, 5.74) is 0.856. The van der Waals surface area contributed by atoms with Crippen LogP contribution in [0.4, 0.5) is 11.4 Å². The molecule has 148 valence electrons.